The van der Waals surface area contributed by atoms with E-state index in [0.29, 0.717) is 29.2 Å². The number of aliphatic carboxylic acids is 1. The summed E-state index contributed by atoms with van der Waals surface area (Å²) in [5.74, 6) is -1.22. The molecular formula is C15H20N2O4. The number of aromatic nitrogens is 1. The number of H-pyrrole nitrogens is 1. The standard InChI is InChI=1S/C15H20N2O4/c1-7-12(9(3)18)8(2)16-13(7)14(19)17-11(15(20)21)6-10-4-5-10/h10-11,16H,4-6H2,1-3H3,(H,17,19)(H,20,21). The van der Waals surface area contributed by atoms with Crippen molar-refractivity contribution in [1.29, 1.82) is 0 Å². The third-order valence-electron chi connectivity index (χ3n) is 3.89. The monoisotopic (exact) mass is 292 g/mol. The van der Waals surface area contributed by atoms with Crippen LogP contribution in [0.15, 0.2) is 0 Å². The predicted octanol–water partition coefficient (Wildman–Crippen LogP) is 1.82. The van der Waals surface area contributed by atoms with Gasteiger partial charge in [-0.25, -0.2) is 4.79 Å². The Hall–Kier alpha value is -2.11. The van der Waals surface area contributed by atoms with Crippen LogP contribution >= 0.6 is 0 Å². The van der Waals surface area contributed by atoms with Crippen LogP contribution in [-0.4, -0.2) is 33.8 Å². The molecule has 1 unspecified atom stereocenters. The van der Waals surface area contributed by atoms with Crippen LogP contribution in [0.3, 0.4) is 0 Å². The molecule has 114 valence electrons. The maximum absolute atomic E-state index is 12.3. The van der Waals surface area contributed by atoms with Gasteiger partial charge < -0.3 is 15.4 Å². The lowest BCUT2D eigenvalue weighted by Gasteiger charge is -2.13. The third-order valence-corrected chi connectivity index (χ3v) is 3.89. The second-order valence-corrected chi connectivity index (χ2v) is 5.72. The molecule has 0 aliphatic heterocycles. The van der Waals surface area contributed by atoms with E-state index in [2.05, 4.69) is 10.3 Å². The van der Waals surface area contributed by atoms with Crippen LogP contribution in [0.5, 0.6) is 0 Å². The van der Waals surface area contributed by atoms with Crippen LogP contribution in [0, 0.1) is 19.8 Å². The van der Waals surface area contributed by atoms with Crippen LogP contribution in [0.1, 0.15) is 58.3 Å². The number of hydrogen-bond donors (Lipinski definition) is 3. The summed E-state index contributed by atoms with van der Waals surface area (Å²) < 4.78 is 0. The molecule has 0 aromatic carbocycles. The highest BCUT2D eigenvalue weighted by molar-refractivity contribution is 6.03. The summed E-state index contributed by atoms with van der Waals surface area (Å²) in [5.41, 5.74) is 1.95. The number of ketones is 1. The van der Waals surface area contributed by atoms with Gasteiger partial charge in [-0.1, -0.05) is 12.8 Å². The molecule has 3 N–H and O–H groups in total. The molecule has 0 radical (unpaired) electrons. The van der Waals surface area contributed by atoms with Crippen molar-refractivity contribution in [3.05, 3.63) is 22.5 Å². The average Bonchev–Trinajstić information content (AvgIpc) is 3.13. The Morgan fingerprint density at radius 2 is 1.95 bits per heavy atom. The van der Waals surface area contributed by atoms with E-state index in [4.69, 9.17) is 0 Å². The van der Waals surface area contributed by atoms with Crippen molar-refractivity contribution >= 4 is 17.7 Å². The predicted molar refractivity (Wildman–Crippen MR) is 76.5 cm³/mol. The minimum Gasteiger partial charge on any atom is -0.480 e. The van der Waals surface area contributed by atoms with Gasteiger partial charge in [-0.3, -0.25) is 9.59 Å². The van der Waals surface area contributed by atoms with Gasteiger partial charge in [0.2, 0.25) is 0 Å². The van der Waals surface area contributed by atoms with E-state index in [1.165, 1.54) is 6.92 Å². The fourth-order valence-electron chi connectivity index (χ4n) is 2.64. The zero-order chi connectivity index (χ0) is 15.7. The Morgan fingerprint density at radius 1 is 1.33 bits per heavy atom. The number of rotatable bonds is 6. The maximum atomic E-state index is 12.3. The number of carbonyl (C=O) groups is 3. The molecule has 6 heteroatoms. The SMILES string of the molecule is CC(=O)c1c(C)[nH]c(C(=O)NC(CC2CC2)C(=O)O)c1C. The number of aryl methyl sites for hydroxylation is 1. The molecule has 1 aliphatic rings. The van der Waals surface area contributed by atoms with Crippen molar-refractivity contribution in [3.8, 4) is 0 Å². The second-order valence-electron chi connectivity index (χ2n) is 5.72. The lowest BCUT2D eigenvalue weighted by atomic mass is 10.1. The molecule has 0 spiro atoms. The van der Waals surface area contributed by atoms with Crippen molar-refractivity contribution in [2.24, 2.45) is 5.92 Å². The minimum absolute atomic E-state index is 0.118. The normalized spacial score (nSPS) is 15.6. The Bertz CT molecular complexity index is 599. The molecule has 6 nitrogen and oxygen atoms in total. The Kier molecular flexibility index (Phi) is 4.16. The summed E-state index contributed by atoms with van der Waals surface area (Å²) in [6, 6.07) is -0.881. The number of amides is 1. The number of carboxylic acids is 1. The summed E-state index contributed by atoms with van der Waals surface area (Å²) in [6.07, 6.45) is 2.50. The van der Waals surface area contributed by atoms with Gasteiger partial charge in [-0.05, 0) is 38.7 Å². The highest BCUT2D eigenvalue weighted by Gasteiger charge is 2.31. The van der Waals surface area contributed by atoms with Gasteiger partial charge in [0.15, 0.2) is 5.78 Å². The highest BCUT2D eigenvalue weighted by Crippen LogP contribution is 2.33. The number of aromatic amines is 1. The van der Waals surface area contributed by atoms with Crippen LogP contribution in [0.4, 0.5) is 0 Å². The van der Waals surface area contributed by atoms with Gasteiger partial charge >= 0.3 is 5.97 Å². The number of carbonyl (C=O) groups excluding carboxylic acids is 2. The van der Waals surface area contributed by atoms with Crippen molar-refractivity contribution in [1.82, 2.24) is 10.3 Å². The summed E-state index contributed by atoms with van der Waals surface area (Å²) >= 11 is 0. The van der Waals surface area contributed by atoms with Crippen LogP contribution in [0.2, 0.25) is 0 Å². The minimum atomic E-state index is -1.03. The lowest BCUT2D eigenvalue weighted by molar-refractivity contribution is -0.139. The number of hydrogen-bond acceptors (Lipinski definition) is 3. The highest BCUT2D eigenvalue weighted by atomic mass is 16.4. The van der Waals surface area contributed by atoms with Crippen LogP contribution < -0.4 is 5.32 Å². The van der Waals surface area contributed by atoms with Crippen LogP contribution in [-0.2, 0) is 4.79 Å². The zero-order valence-electron chi connectivity index (χ0n) is 12.4. The van der Waals surface area contributed by atoms with E-state index in [-0.39, 0.29) is 11.5 Å². The molecule has 0 bridgehead atoms. The van der Waals surface area contributed by atoms with E-state index in [9.17, 15) is 19.5 Å². The second kappa shape index (κ2) is 5.71. The molecular weight excluding hydrogens is 272 g/mol. The summed E-state index contributed by atoms with van der Waals surface area (Å²) in [4.78, 5) is 37.9. The molecule has 1 saturated carbocycles. The van der Waals surface area contributed by atoms with Gasteiger partial charge in [0.25, 0.3) is 5.91 Å². The molecule has 1 aromatic heterocycles. The fourth-order valence-corrected chi connectivity index (χ4v) is 2.64. The fraction of sp³-hybridized carbons (Fsp3) is 0.533. The molecule has 0 saturated heterocycles. The molecule has 2 rings (SSSR count). The molecule has 1 aromatic rings. The smallest absolute Gasteiger partial charge is 0.326 e. The Labute approximate surface area is 122 Å². The first kappa shape index (κ1) is 15.3. The van der Waals surface area contributed by atoms with E-state index < -0.39 is 17.9 Å². The molecule has 1 atom stereocenters. The lowest BCUT2D eigenvalue weighted by Crippen LogP contribution is -2.41. The van der Waals surface area contributed by atoms with E-state index >= 15 is 0 Å². The van der Waals surface area contributed by atoms with Crippen molar-refractivity contribution in [2.75, 3.05) is 0 Å². The first-order chi connectivity index (χ1) is 9.81. The van der Waals surface area contributed by atoms with Crippen molar-refractivity contribution in [2.45, 2.75) is 46.1 Å². The van der Waals surface area contributed by atoms with Crippen molar-refractivity contribution < 1.29 is 19.5 Å². The topological polar surface area (TPSA) is 99.3 Å². The van der Waals surface area contributed by atoms with E-state index in [1.807, 2.05) is 0 Å². The van der Waals surface area contributed by atoms with E-state index in [1.54, 1.807) is 13.8 Å². The van der Waals surface area contributed by atoms with Gasteiger partial charge in [-0.15, -0.1) is 0 Å². The summed E-state index contributed by atoms with van der Waals surface area (Å²) in [5, 5.41) is 11.7. The molecule has 1 fully saturated rings. The number of Topliss-reactive ketones (excluding diaryl/α,β-unsaturated/α-hetero) is 1. The maximum Gasteiger partial charge on any atom is 0.326 e. The number of nitrogens with one attached hydrogen (secondary N) is 2. The third kappa shape index (κ3) is 3.32. The Balaban J connectivity index is 2.17. The average molecular weight is 292 g/mol. The quantitative estimate of drug-likeness (QED) is 0.696. The van der Waals surface area contributed by atoms with Crippen LogP contribution in [0.25, 0.3) is 0 Å². The Morgan fingerprint density at radius 3 is 2.38 bits per heavy atom. The van der Waals surface area contributed by atoms with Gasteiger partial charge in [-0.2, -0.15) is 0 Å². The number of carboxylic acid groups (broad SMARTS) is 1. The summed E-state index contributed by atoms with van der Waals surface area (Å²) in [6.45, 7) is 4.85. The molecule has 1 aliphatic carbocycles. The molecule has 1 heterocycles. The first-order valence-corrected chi connectivity index (χ1v) is 7.05. The van der Waals surface area contributed by atoms with Gasteiger partial charge in [0.1, 0.15) is 11.7 Å². The zero-order valence-corrected chi connectivity index (χ0v) is 12.4. The largest absolute Gasteiger partial charge is 0.480 e. The van der Waals surface area contributed by atoms with Crippen molar-refractivity contribution in [3.63, 3.8) is 0 Å². The van der Waals surface area contributed by atoms with Gasteiger partial charge in [0, 0.05) is 11.3 Å². The first-order valence-electron chi connectivity index (χ1n) is 7.05. The molecule has 1 amide bonds. The van der Waals surface area contributed by atoms with E-state index in [0.717, 1.165) is 12.8 Å². The van der Waals surface area contributed by atoms with Gasteiger partial charge in [0.05, 0.1) is 0 Å². The molecule has 21 heavy (non-hydrogen) atoms. The summed E-state index contributed by atoms with van der Waals surface area (Å²) in [7, 11) is 0.